The minimum Gasteiger partial charge on any atom is -0.504 e. The van der Waals surface area contributed by atoms with Crippen LogP contribution >= 0.6 is 0 Å². The highest BCUT2D eigenvalue weighted by molar-refractivity contribution is 6.56. The number of nitrogens with two attached hydrogens (primary N) is 1. The van der Waals surface area contributed by atoms with E-state index in [4.69, 9.17) is 52.8 Å². The summed E-state index contributed by atoms with van der Waals surface area (Å²) in [6.45, 7) is 15.1. The number of aliphatic hydroxyl groups excluding tert-OH is 2. The minimum atomic E-state index is -3.53. The lowest BCUT2D eigenvalue weighted by Gasteiger charge is -2.52. The Bertz CT molecular complexity index is 1680. The van der Waals surface area contributed by atoms with E-state index in [0.717, 1.165) is 0 Å². The molecule has 16 nitrogen and oxygen atoms in total. The summed E-state index contributed by atoms with van der Waals surface area (Å²) in [7, 11) is 0. The van der Waals surface area contributed by atoms with Crippen LogP contribution in [-0.2, 0) is 61.4 Å². The molecule has 0 aromatic carbocycles. The van der Waals surface area contributed by atoms with Crippen molar-refractivity contribution in [2.45, 2.75) is 225 Å². The third-order valence-electron chi connectivity index (χ3n) is 15.5. The number of carbonyl (C=O) groups excluding carboxylic acids is 3. The average molecular weight is 879 g/mol. The number of esters is 3. The Hall–Kier alpha value is -2.19. The van der Waals surface area contributed by atoms with E-state index in [1.165, 1.54) is 0 Å². The molecule has 352 valence electrons. The largest absolute Gasteiger partial charge is 0.536 e. The van der Waals surface area contributed by atoms with Gasteiger partial charge in [-0.15, -0.1) is 0 Å². The Morgan fingerprint density at radius 2 is 1.34 bits per heavy atom. The highest BCUT2D eigenvalue weighted by Crippen LogP contribution is 2.57. The second kappa shape index (κ2) is 17.9. The maximum Gasteiger partial charge on any atom is 0.536 e. The molecule has 4 N–H and O–H groups in total. The molecular formula is C45H73BNO15-. The van der Waals surface area contributed by atoms with Crippen LogP contribution in [0.4, 0.5) is 0 Å². The molecule has 7 rings (SSSR count). The zero-order valence-corrected chi connectivity index (χ0v) is 38.4. The van der Waals surface area contributed by atoms with Crippen LogP contribution in [0.25, 0.3) is 0 Å². The monoisotopic (exact) mass is 879 g/mol. The summed E-state index contributed by atoms with van der Waals surface area (Å²) in [5.41, 5.74) is 4.48. The molecule has 3 spiro atoms. The van der Waals surface area contributed by atoms with Gasteiger partial charge in [-0.25, -0.2) is 9.59 Å². The number of fused-ring (bicyclic) bond motifs is 6. The van der Waals surface area contributed by atoms with Crippen LogP contribution < -0.4 is 5.73 Å². The number of aliphatic hydroxyl groups is 2. The Morgan fingerprint density at radius 3 is 1.90 bits per heavy atom. The summed E-state index contributed by atoms with van der Waals surface area (Å²) in [6.07, 6.45) is -0.362. The number of hydrogen-bond donors (Lipinski definition) is 3. The first-order valence-electron chi connectivity index (χ1n) is 23.3. The molecule has 17 heteroatoms. The molecule has 6 fully saturated rings. The van der Waals surface area contributed by atoms with Crippen LogP contribution in [0.3, 0.4) is 0 Å². The van der Waals surface area contributed by atoms with E-state index < -0.39 is 126 Å². The molecule has 0 aromatic heterocycles. The molecule has 0 saturated carbocycles. The molecule has 14 unspecified atom stereocenters. The molecule has 0 radical (unpaired) electrons. The van der Waals surface area contributed by atoms with Crippen LogP contribution in [0.1, 0.15) is 140 Å². The van der Waals surface area contributed by atoms with E-state index in [2.05, 4.69) is 0 Å². The first kappa shape index (κ1) is 47.8. The Morgan fingerprint density at radius 1 is 0.790 bits per heavy atom. The average Bonchev–Trinajstić information content (AvgIpc) is 3.84. The fraction of sp³-hybridized carbons (Fsp3) is 0.889. The van der Waals surface area contributed by atoms with Crippen molar-refractivity contribution in [2.24, 2.45) is 34.3 Å². The van der Waals surface area contributed by atoms with E-state index in [1.807, 2.05) is 74.5 Å². The van der Waals surface area contributed by atoms with E-state index in [1.54, 1.807) is 6.92 Å². The van der Waals surface area contributed by atoms with Crippen molar-refractivity contribution in [2.75, 3.05) is 0 Å². The standard InChI is InChI=1S/C45H73BNO15/c1-24(2)36(47)39(50)54-27(5)30-16-12-11-13-17-32(48)42(7,8)34-21-19-26(4)45(57-34)38-41(52)56-31-23-29(53-28(31)6)15-14-18-33(49)43(9,10)35-22-20-25(3)44(58-35)37(40(51)55-30)59-46(60-38,61-44)62-45/h11-12,24-38,48-49H,13-23,47H2,1-10H3/q-1/b12-11+/t25?,26?,27?,28?,29?,30?,31?,32?,33?,34?,35?,36?,37-,38?,44-,45?,46+/m0/s1. The Kier molecular flexibility index (Phi) is 13.8. The predicted molar refractivity (Wildman–Crippen MR) is 223 cm³/mol. The van der Waals surface area contributed by atoms with Gasteiger partial charge in [-0.1, -0.05) is 67.5 Å². The third kappa shape index (κ3) is 8.78. The Labute approximate surface area is 366 Å². The normalized spacial score (nSPS) is 46.3. The lowest BCUT2D eigenvalue weighted by Crippen LogP contribution is -2.61. The van der Waals surface area contributed by atoms with Gasteiger partial charge in [0, 0.05) is 35.5 Å². The molecule has 62 heavy (non-hydrogen) atoms. The van der Waals surface area contributed by atoms with Crippen LogP contribution in [-0.4, -0.2) is 120 Å². The van der Waals surface area contributed by atoms with Crippen molar-refractivity contribution in [1.82, 2.24) is 0 Å². The van der Waals surface area contributed by atoms with Gasteiger partial charge in [0.25, 0.3) is 0 Å². The lowest BCUT2D eigenvalue weighted by atomic mass is 9.73. The molecule has 0 aliphatic carbocycles. The summed E-state index contributed by atoms with van der Waals surface area (Å²) < 4.78 is 66.0. The summed E-state index contributed by atoms with van der Waals surface area (Å²) in [4.78, 5) is 42.9. The van der Waals surface area contributed by atoms with Gasteiger partial charge in [0.1, 0.15) is 24.4 Å². The van der Waals surface area contributed by atoms with Gasteiger partial charge >= 0.3 is 24.9 Å². The van der Waals surface area contributed by atoms with Gasteiger partial charge in [-0.05, 0) is 77.6 Å². The molecular weight excluding hydrogens is 805 g/mol. The van der Waals surface area contributed by atoms with E-state index in [0.29, 0.717) is 64.2 Å². The van der Waals surface area contributed by atoms with Crippen LogP contribution in [0, 0.1) is 28.6 Å². The lowest BCUT2D eigenvalue weighted by molar-refractivity contribution is -0.311. The predicted octanol–water partition coefficient (Wildman–Crippen LogP) is 4.89. The Balaban J connectivity index is 1.36. The number of allylic oxidation sites excluding steroid dienone is 1. The van der Waals surface area contributed by atoms with E-state index >= 15 is 4.79 Å². The quantitative estimate of drug-likeness (QED) is 0.149. The molecule has 7 aliphatic rings. The van der Waals surface area contributed by atoms with E-state index in [-0.39, 0.29) is 18.4 Å². The zero-order chi connectivity index (χ0) is 45.2. The first-order valence-corrected chi connectivity index (χ1v) is 23.3. The van der Waals surface area contributed by atoms with Crippen molar-refractivity contribution in [3.05, 3.63) is 12.2 Å². The van der Waals surface area contributed by atoms with Crippen molar-refractivity contribution >= 4 is 24.9 Å². The molecule has 7 heterocycles. The maximum absolute atomic E-state index is 15.0. The van der Waals surface area contributed by atoms with Gasteiger partial charge in [0.15, 0.2) is 23.8 Å². The van der Waals surface area contributed by atoms with Crippen molar-refractivity contribution in [3.63, 3.8) is 0 Å². The van der Waals surface area contributed by atoms with Crippen LogP contribution in [0.5, 0.6) is 0 Å². The zero-order valence-electron chi connectivity index (χ0n) is 38.4. The highest BCUT2D eigenvalue weighted by Gasteiger charge is 2.73. The summed E-state index contributed by atoms with van der Waals surface area (Å²) in [6, 6.07) is -0.902. The first-order chi connectivity index (χ1) is 29.0. The summed E-state index contributed by atoms with van der Waals surface area (Å²) >= 11 is 0. The second-order valence-corrected chi connectivity index (χ2v) is 20.9. The fourth-order valence-corrected chi connectivity index (χ4v) is 10.6. The number of ether oxygens (including phenoxy) is 6. The van der Waals surface area contributed by atoms with E-state index in [9.17, 15) is 19.8 Å². The van der Waals surface area contributed by atoms with Crippen molar-refractivity contribution < 1.29 is 71.6 Å². The molecule has 17 atom stereocenters. The summed E-state index contributed by atoms with van der Waals surface area (Å²) in [5, 5.41) is 23.6. The van der Waals surface area contributed by atoms with Gasteiger partial charge in [0.05, 0.1) is 36.6 Å². The van der Waals surface area contributed by atoms with Crippen LogP contribution in [0.15, 0.2) is 12.2 Å². The third-order valence-corrected chi connectivity index (χ3v) is 15.5. The van der Waals surface area contributed by atoms with Gasteiger partial charge in [-0.3, -0.25) is 4.79 Å². The smallest absolute Gasteiger partial charge is 0.504 e. The molecule has 9 bridgehead atoms. The van der Waals surface area contributed by atoms with Crippen LogP contribution in [0.2, 0.25) is 0 Å². The number of hydrogen-bond acceptors (Lipinski definition) is 16. The van der Waals surface area contributed by atoms with Gasteiger partial charge in [0.2, 0.25) is 0 Å². The van der Waals surface area contributed by atoms with Crippen molar-refractivity contribution in [1.29, 1.82) is 0 Å². The SMILES string of the molecule is CC(C)C(N)C(=O)OC(C)C1C/C=C/CCC(O)C(C)(C)C2CCC(C)C3(O2)O[B@-]24OC3C(=O)OC3CC(CCCC(O)C(C)(C)C5CCC(C)[C@](O5)(O2)[C@@H](O4)C(=O)O1)OC3C. The molecule has 7 aliphatic heterocycles. The molecule has 0 amide bonds. The fourth-order valence-electron chi connectivity index (χ4n) is 10.6. The van der Waals surface area contributed by atoms with Crippen molar-refractivity contribution in [3.8, 4) is 0 Å². The minimum absolute atomic E-state index is 0.142. The molecule has 0 aromatic rings. The number of carbonyl (C=O) groups is 3. The summed E-state index contributed by atoms with van der Waals surface area (Å²) in [5.74, 6) is -7.31. The van der Waals surface area contributed by atoms with Gasteiger partial charge < -0.3 is 63.0 Å². The highest BCUT2D eigenvalue weighted by atomic mass is 17.0. The number of cyclic esters (lactones) is 1. The maximum atomic E-state index is 15.0. The number of rotatable bonds is 4. The van der Waals surface area contributed by atoms with Gasteiger partial charge in [-0.2, -0.15) is 0 Å². The second-order valence-electron chi connectivity index (χ2n) is 20.9. The molecule has 6 saturated heterocycles. The topological polar surface area (TPSA) is 210 Å².